The minimum Gasteiger partial charge on any atom is -0.474 e. The van der Waals surface area contributed by atoms with Crippen LogP contribution in [0.3, 0.4) is 0 Å². The van der Waals surface area contributed by atoms with Crippen LogP contribution in [-0.4, -0.2) is 22.0 Å². The summed E-state index contributed by atoms with van der Waals surface area (Å²) in [5.41, 5.74) is -4.10. The van der Waals surface area contributed by atoms with Crippen LogP contribution in [0.4, 0.5) is 32.0 Å². The number of H-pyrrole nitrogens is 1. The van der Waals surface area contributed by atoms with Crippen molar-refractivity contribution in [1.82, 2.24) is 4.98 Å². The molecule has 0 aliphatic carbocycles. The zero-order valence-corrected chi connectivity index (χ0v) is 14.5. The fourth-order valence-electron chi connectivity index (χ4n) is 2.63. The highest BCUT2D eigenvalue weighted by Gasteiger charge is 2.43. The third-order valence-corrected chi connectivity index (χ3v) is 3.90. The summed E-state index contributed by atoms with van der Waals surface area (Å²) in [6, 6.07) is 5.71. The number of carbonyl (C=O) groups is 2. The summed E-state index contributed by atoms with van der Waals surface area (Å²) in [6.45, 7) is 0. The largest absolute Gasteiger partial charge is 0.474 e. The summed E-state index contributed by atoms with van der Waals surface area (Å²) in [4.78, 5) is 24.6. The van der Waals surface area contributed by atoms with E-state index < -0.39 is 46.8 Å². The van der Waals surface area contributed by atoms with E-state index in [-0.39, 0.29) is 17.9 Å². The number of amides is 1. The molecule has 0 saturated carbocycles. The molecule has 2 aromatic carbocycles. The van der Waals surface area contributed by atoms with E-state index in [9.17, 15) is 35.9 Å². The first-order valence-electron chi connectivity index (χ1n) is 7.98. The average molecular weight is 432 g/mol. The molecule has 6 nitrogen and oxygen atoms in total. The number of aromatic nitrogens is 1. The van der Waals surface area contributed by atoms with Gasteiger partial charge >= 0.3 is 24.2 Å². The second kappa shape index (κ2) is 7.28. The average Bonchev–Trinajstić information content (AvgIpc) is 3.08. The van der Waals surface area contributed by atoms with Gasteiger partial charge in [0.2, 0.25) is 0 Å². The van der Waals surface area contributed by atoms with Crippen molar-refractivity contribution in [3.63, 3.8) is 0 Å². The summed E-state index contributed by atoms with van der Waals surface area (Å²) in [7, 11) is 0. The Morgan fingerprint density at radius 2 is 1.53 bits per heavy atom. The van der Waals surface area contributed by atoms with Gasteiger partial charge in [-0.2, -0.15) is 26.3 Å². The van der Waals surface area contributed by atoms with Crippen LogP contribution in [0.2, 0.25) is 0 Å². The molecule has 0 spiro atoms. The number of hydrogen-bond acceptors (Lipinski definition) is 3. The molecular formula is C18H10F6N2O4. The quantitative estimate of drug-likeness (QED) is 0.400. The molecule has 0 atom stereocenters. The Balaban J connectivity index is 2.17. The number of carboxylic acids is 1. The maximum absolute atomic E-state index is 13.5. The predicted octanol–water partition coefficient (Wildman–Crippen LogP) is 5.02. The highest BCUT2D eigenvalue weighted by molar-refractivity contribution is 6.36. The number of alkyl halides is 6. The Hall–Kier alpha value is -3.70. The van der Waals surface area contributed by atoms with E-state index in [2.05, 4.69) is 4.98 Å². The minimum atomic E-state index is -5.31. The first-order valence-corrected chi connectivity index (χ1v) is 7.98. The number of carboxylic acid groups (broad SMARTS) is 1. The normalized spacial score (nSPS) is 12.1. The minimum absolute atomic E-state index is 0.167. The number of fused-ring (bicyclic) bond motifs is 1. The van der Waals surface area contributed by atoms with Gasteiger partial charge in [-0.1, -0.05) is 0 Å². The molecule has 0 radical (unpaired) electrons. The zero-order chi connectivity index (χ0) is 22.3. The first kappa shape index (κ1) is 21.0. The van der Waals surface area contributed by atoms with E-state index in [1.165, 1.54) is 29.7 Å². The van der Waals surface area contributed by atoms with Crippen LogP contribution in [-0.2, 0) is 21.9 Å². The van der Waals surface area contributed by atoms with Crippen LogP contribution in [0.25, 0.3) is 10.9 Å². The van der Waals surface area contributed by atoms with Crippen LogP contribution >= 0.6 is 0 Å². The van der Waals surface area contributed by atoms with E-state index in [1.807, 2.05) is 0 Å². The maximum atomic E-state index is 13.5. The number of halogens is 6. The SMILES string of the molecule is O=C(O)C(=O)Nc1cc(C(F)(F)F)c(Oc2ccc3[nH]ccc3c2)c(C(F)(F)F)c1. The molecule has 0 aliphatic heterocycles. The van der Waals surface area contributed by atoms with Gasteiger partial charge in [0.15, 0.2) is 5.75 Å². The van der Waals surface area contributed by atoms with Crippen molar-refractivity contribution in [2.45, 2.75) is 12.4 Å². The molecule has 0 saturated heterocycles. The van der Waals surface area contributed by atoms with Gasteiger partial charge in [0.1, 0.15) is 16.9 Å². The molecule has 3 rings (SSSR count). The number of aliphatic carboxylic acids is 1. The molecular weight excluding hydrogens is 422 g/mol. The summed E-state index contributed by atoms with van der Waals surface area (Å²) in [5, 5.41) is 10.5. The van der Waals surface area contributed by atoms with Gasteiger partial charge in [0, 0.05) is 22.8 Å². The lowest BCUT2D eigenvalue weighted by atomic mass is 10.1. The molecule has 0 fully saturated rings. The first-order chi connectivity index (χ1) is 13.9. The second-order valence-electron chi connectivity index (χ2n) is 5.98. The number of ether oxygens (including phenoxy) is 1. The lowest BCUT2D eigenvalue weighted by Gasteiger charge is -2.20. The summed E-state index contributed by atoms with van der Waals surface area (Å²) < 4.78 is 86.1. The highest BCUT2D eigenvalue weighted by Crippen LogP contribution is 2.47. The number of anilines is 1. The highest BCUT2D eigenvalue weighted by atomic mass is 19.4. The molecule has 1 amide bonds. The molecule has 12 heteroatoms. The second-order valence-corrected chi connectivity index (χ2v) is 5.98. The number of benzene rings is 2. The van der Waals surface area contributed by atoms with Crippen LogP contribution in [0.5, 0.6) is 11.5 Å². The Morgan fingerprint density at radius 1 is 0.933 bits per heavy atom. The Labute approximate surface area is 163 Å². The predicted molar refractivity (Wildman–Crippen MR) is 91.1 cm³/mol. The zero-order valence-electron chi connectivity index (χ0n) is 14.5. The van der Waals surface area contributed by atoms with Crippen molar-refractivity contribution in [3.05, 3.63) is 53.7 Å². The van der Waals surface area contributed by atoms with Crippen molar-refractivity contribution >= 4 is 28.5 Å². The third-order valence-electron chi connectivity index (χ3n) is 3.90. The topological polar surface area (TPSA) is 91.4 Å². The lowest BCUT2D eigenvalue weighted by molar-refractivity contribution is -0.147. The monoisotopic (exact) mass is 432 g/mol. The van der Waals surface area contributed by atoms with Crippen molar-refractivity contribution in [1.29, 1.82) is 0 Å². The number of hydrogen-bond donors (Lipinski definition) is 3. The van der Waals surface area contributed by atoms with Gasteiger partial charge in [-0.05, 0) is 36.4 Å². The summed E-state index contributed by atoms with van der Waals surface area (Å²) in [5.74, 6) is -5.71. The molecule has 0 unspecified atom stereocenters. The Morgan fingerprint density at radius 3 is 2.07 bits per heavy atom. The maximum Gasteiger partial charge on any atom is 0.420 e. The van der Waals surface area contributed by atoms with E-state index in [0.717, 1.165) is 0 Å². The third kappa shape index (κ3) is 4.31. The fraction of sp³-hybridized carbons (Fsp3) is 0.111. The van der Waals surface area contributed by atoms with Gasteiger partial charge in [0.05, 0.1) is 0 Å². The van der Waals surface area contributed by atoms with Gasteiger partial charge in [0.25, 0.3) is 0 Å². The summed E-state index contributed by atoms with van der Waals surface area (Å²) in [6.07, 6.45) is -9.09. The van der Waals surface area contributed by atoms with Crippen molar-refractivity contribution in [2.75, 3.05) is 5.32 Å². The molecule has 0 bridgehead atoms. The molecule has 3 N–H and O–H groups in total. The Kier molecular flexibility index (Phi) is 5.10. The number of rotatable bonds is 3. The van der Waals surface area contributed by atoms with E-state index in [0.29, 0.717) is 10.9 Å². The lowest BCUT2D eigenvalue weighted by Crippen LogP contribution is -2.23. The summed E-state index contributed by atoms with van der Waals surface area (Å²) >= 11 is 0. The fourth-order valence-corrected chi connectivity index (χ4v) is 2.63. The van der Waals surface area contributed by atoms with Crippen LogP contribution < -0.4 is 10.1 Å². The molecule has 1 heterocycles. The number of aromatic amines is 1. The van der Waals surface area contributed by atoms with Crippen LogP contribution in [0.15, 0.2) is 42.6 Å². The molecule has 158 valence electrons. The van der Waals surface area contributed by atoms with Crippen LogP contribution in [0.1, 0.15) is 11.1 Å². The smallest absolute Gasteiger partial charge is 0.420 e. The van der Waals surface area contributed by atoms with Crippen molar-refractivity contribution in [3.8, 4) is 11.5 Å². The van der Waals surface area contributed by atoms with E-state index >= 15 is 0 Å². The number of carbonyl (C=O) groups excluding carboxylic acids is 1. The standard InChI is InChI=1S/C18H10F6N2O4/c19-17(20,21)11-6-9(26-15(27)16(28)29)7-12(18(22,23)24)14(11)30-10-1-2-13-8(5-10)3-4-25-13/h1-7,25H,(H,26,27)(H,28,29). The Bertz CT molecular complexity index is 1100. The van der Waals surface area contributed by atoms with Gasteiger partial charge in [-0.15, -0.1) is 0 Å². The molecule has 30 heavy (non-hydrogen) atoms. The molecule has 0 aliphatic rings. The van der Waals surface area contributed by atoms with E-state index in [4.69, 9.17) is 9.84 Å². The van der Waals surface area contributed by atoms with Crippen molar-refractivity contribution < 1.29 is 45.8 Å². The number of nitrogens with one attached hydrogen (secondary N) is 2. The molecule has 1 aromatic heterocycles. The van der Waals surface area contributed by atoms with Gasteiger partial charge in [-0.3, -0.25) is 4.79 Å². The van der Waals surface area contributed by atoms with E-state index in [1.54, 1.807) is 6.07 Å². The van der Waals surface area contributed by atoms with Gasteiger partial charge < -0.3 is 20.1 Å². The molecule has 3 aromatic rings. The van der Waals surface area contributed by atoms with Gasteiger partial charge in [-0.25, -0.2) is 4.79 Å². The van der Waals surface area contributed by atoms with Crippen LogP contribution in [0, 0.1) is 0 Å². The van der Waals surface area contributed by atoms with Crippen molar-refractivity contribution in [2.24, 2.45) is 0 Å².